The Morgan fingerprint density at radius 2 is 2.00 bits per heavy atom. The molecule has 19 heavy (non-hydrogen) atoms. The third-order valence-electron chi connectivity index (χ3n) is 3.39. The Morgan fingerprint density at radius 1 is 1.37 bits per heavy atom. The molecule has 0 bridgehead atoms. The Morgan fingerprint density at radius 3 is 2.42 bits per heavy atom. The maximum Gasteiger partial charge on any atom is 0.165 e. The van der Waals surface area contributed by atoms with E-state index < -0.39 is 11.9 Å². The lowest BCUT2D eigenvalue weighted by molar-refractivity contribution is -0.138. The Labute approximate surface area is 114 Å². The van der Waals surface area contributed by atoms with E-state index in [4.69, 9.17) is 9.47 Å². The van der Waals surface area contributed by atoms with Crippen molar-refractivity contribution in [1.82, 2.24) is 0 Å². The summed E-state index contributed by atoms with van der Waals surface area (Å²) >= 11 is 0. The van der Waals surface area contributed by atoms with Crippen molar-refractivity contribution in [2.24, 2.45) is 0 Å². The van der Waals surface area contributed by atoms with Crippen LogP contribution in [0.25, 0.3) is 0 Å². The van der Waals surface area contributed by atoms with Crippen LogP contribution in [0.5, 0.6) is 0 Å². The van der Waals surface area contributed by atoms with Crippen LogP contribution in [0, 0.1) is 0 Å². The Balaban J connectivity index is 2.14. The lowest BCUT2D eigenvalue weighted by Crippen LogP contribution is -2.38. The molecule has 0 radical (unpaired) electrons. The van der Waals surface area contributed by atoms with Gasteiger partial charge < -0.3 is 19.5 Å². The minimum atomic E-state index is -0.516. The zero-order valence-corrected chi connectivity index (χ0v) is 12.1. The smallest absolute Gasteiger partial charge is 0.165 e. The van der Waals surface area contributed by atoms with Crippen molar-refractivity contribution in [2.75, 3.05) is 18.1 Å². The number of aliphatic hydroxyl groups is 1. The molecular formula is C15H23NO3. The number of benzene rings is 1. The van der Waals surface area contributed by atoms with Crippen molar-refractivity contribution in [3.63, 3.8) is 0 Å². The summed E-state index contributed by atoms with van der Waals surface area (Å²) in [7, 11) is 0. The molecule has 4 heteroatoms. The Hall–Kier alpha value is -1.10. The van der Waals surface area contributed by atoms with Crippen LogP contribution >= 0.6 is 0 Å². The summed E-state index contributed by atoms with van der Waals surface area (Å²) in [4.78, 5) is 2.17. The van der Waals surface area contributed by atoms with Gasteiger partial charge >= 0.3 is 0 Å². The number of anilines is 1. The molecule has 106 valence electrons. The molecule has 0 saturated carbocycles. The summed E-state index contributed by atoms with van der Waals surface area (Å²) in [5, 5.41) is 9.53. The minimum Gasteiger partial charge on any atom is -0.389 e. The monoisotopic (exact) mass is 265 g/mol. The summed E-state index contributed by atoms with van der Waals surface area (Å²) in [6.07, 6.45) is -0.494. The van der Waals surface area contributed by atoms with Crippen molar-refractivity contribution in [3.05, 3.63) is 29.8 Å². The second kappa shape index (κ2) is 5.49. The molecule has 0 aromatic heterocycles. The first kappa shape index (κ1) is 14.3. The fraction of sp³-hybridized carbons (Fsp3) is 0.600. The molecule has 1 N–H and O–H groups in total. The van der Waals surface area contributed by atoms with Crippen molar-refractivity contribution in [3.8, 4) is 0 Å². The summed E-state index contributed by atoms with van der Waals surface area (Å²) < 4.78 is 11.5. The highest BCUT2D eigenvalue weighted by atomic mass is 16.8. The maximum absolute atomic E-state index is 9.53. The number of rotatable bonds is 4. The molecule has 2 atom stereocenters. The molecular weight excluding hydrogens is 242 g/mol. The van der Waals surface area contributed by atoms with Crippen LogP contribution in [0.3, 0.4) is 0 Å². The molecule has 1 aromatic rings. The largest absolute Gasteiger partial charge is 0.389 e. The average molecular weight is 265 g/mol. The zero-order valence-electron chi connectivity index (χ0n) is 12.1. The number of hydrogen-bond acceptors (Lipinski definition) is 4. The highest BCUT2D eigenvalue weighted by molar-refractivity contribution is 5.48. The average Bonchev–Trinajstić information content (AvgIpc) is 2.71. The van der Waals surface area contributed by atoms with Crippen molar-refractivity contribution in [2.45, 2.75) is 45.8 Å². The molecule has 4 nitrogen and oxygen atoms in total. The molecule has 1 fully saturated rings. The van der Waals surface area contributed by atoms with E-state index >= 15 is 0 Å². The quantitative estimate of drug-likeness (QED) is 0.909. The number of aliphatic hydroxyl groups excluding tert-OH is 1. The Bertz CT molecular complexity index is 414. The molecule has 0 aliphatic carbocycles. The summed E-state index contributed by atoms with van der Waals surface area (Å²) in [6.45, 7) is 9.13. The van der Waals surface area contributed by atoms with Crippen LogP contribution < -0.4 is 4.90 Å². The summed E-state index contributed by atoms with van der Waals surface area (Å²) in [5.41, 5.74) is 2.00. The summed E-state index contributed by atoms with van der Waals surface area (Å²) in [6, 6.07) is 7.92. The fourth-order valence-electron chi connectivity index (χ4n) is 2.32. The second-order valence-electron chi connectivity index (χ2n) is 5.34. The normalized spacial score (nSPS) is 23.3. The van der Waals surface area contributed by atoms with Gasteiger partial charge in [0.2, 0.25) is 0 Å². The van der Waals surface area contributed by atoms with E-state index in [1.807, 2.05) is 38.1 Å². The van der Waals surface area contributed by atoms with Gasteiger partial charge in [-0.1, -0.05) is 12.1 Å². The third-order valence-corrected chi connectivity index (χ3v) is 3.39. The van der Waals surface area contributed by atoms with Crippen LogP contribution in [-0.2, 0) is 9.47 Å². The maximum atomic E-state index is 9.53. The van der Waals surface area contributed by atoms with E-state index in [-0.39, 0.29) is 6.23 Å². The number of nitrogens with zero attached hydrogens (tertiary/aromatic N) is 1. The van der Waals surface area contributed by atoms with Gasteiger partial charge in [-0.2, -0.15) is 0 Å². The molecule has 1 aromatic carbocycles. The van der Waals surface area contributed by atoms with Gasteiger partial charge in [-0.25, -0.2) is 0 Å². The number of ether oxygens (including phenoxy) is 2. The number of hydrogen-bond donors (Lipinski definition) is 1. The first-order valence-electron chi connectivity index (χ1n) is 6.79. The topological polar surface area (TPSA) is 41.9 Å². The highest BCUT2D eigenvalue weighted by Gasteiger charge is 2.35. The van der Waals surface area contributed by atoms with Gasteiger partial charge in [0.15, 0.2) is 12.0 Å². The molecule has 0 amide bonds. The van der Waals surface area contributed by atoms with Crippen molar-refractivity contribution >= 4 is 5.69 Å². The first-order chi connectivity index (χ1) is 8.93. The van der Waals surface area contributed by atoms with E-state index in [1.54, 1.807) is 6.92 Å². The second-order valence-corrected chi connectivity index (χ2v) is 5.34. The predicted molar refractivity (Wildman–Crippen MR) is 75.0 cm³/mol. The van der Waals surface area contributed by atoms with E-state index in [9.17, 15) is 5.11 Å². The SMILES string of the molecule is CCN(c1ccc(C(C)O)cc1)[C@@H]1COC(C)(C)O1. The third kappa shape index (κ3) is 3.26. The van der Waals surface area contributed by atoms with E-state index in [1.165, 1.54) is 0 Å². The molecule has 2 rings (SSSR count). The molecule has 1 aliphatic rings. The van der Waals surface area contributed by atoms with Gasteiger partial charge in [0.05, 0.1) is 12.7 Å². The zero-order chi connectivity index (χ0) is 14.0. The molecule has 1 unspecified atom stereocenters. The van der Waals surface area contributed by atoms with E-state index in [0.717, 1.165) is 17.8 Å². The van der Waals surface area contributed by atoms with Crippen LogP contribution in [0.4, 0.5) is 5.69 Å². The standard InChI is InChI=1S/C15H23NO3/c1-5-16(14-10-18-15(3,4)19-14)13-8-6-12(7-9-13)11(2)17/h6-9,11,14,17H,5,10H2,1-4H3/t11?,14-/m0/s1. The summed E-state index contributed by atoms with van der Waals surface area (Å²) in [5.74, 6) is -0.516. The predicted octanol–water partition coefficient (Wildman–Crippen LogP) is 2.68. The van der Waals surface area contributed by atoms with E-state index in [2.05, 4.69) is 11.8 Å². The van der Waals surface area contributed by atoms with Gasteiger partial charge in [-0.15, -0.1) is 0 Å². The fourth-order valence-corrected chi connectivity index (χ4v) is 2.32. The minimum absolute atomic E-state index is 0.0580. The van der Waals surface area contributed by atoms with Gasteiger partial charge in [-0.05, 0) is 45.4 Å². The van der Waals surface area contributed by atoms with E-state index in [0.29, 0.717) is 6.61 Å². The molecule has 0 spiro atoms. The van der Waals surface area contributed by atoms with Crippen molar-refractivity contribution < 1.29 is 14.6 Å². The number of likely N-dealkylation sites (N-methyl/N-ethyl adjacent to an activating group) is 1. The van der Waals surface area contributed by atoms with Gasteiger partial charge in [0, 0.05) is 12.2 Å². The van der Waals surface area contributed by atoms with Crippen LogP contribution in [0.1, 0.15) is 39.4 Å². The van der Waals surface area contributed by atoms with Crippen LogP contribution in [-0.4, -0.2) is 30.3 Å². The molecule has 1 aliphatic heterocycles. The van der Waals surface area contributed by atoms with Gasteiger partial charge in [-0.3, -0.25) is 0 Å². The van der Waals surface area contributed by atoms with Gasteiger partial charge in [0.1, 0.15) is 0 Å². The Kier molecular flexibility index (Phi) is 4.13. The molecule has 1 heterocycles. The first-order valence-corrected chi connectivity index (χ1v) is 6.79. The molecule has 1 saturated heterocycles. The van der Waals surface area contributed by atoms with Crippen LogP contribution in [0.2, 0.25) is 0 Å². The van der Waals surface area contributed by atoms with Crippen molar-refractivity contribution in [1.29, 1.82) is 0 Å². The lowest BCUT2D eigenvalue weighted by Gasteiger charge is -2.29. The lowest BCUT2D eigenvalue weighted by atomic mass is 10.1. The highest BCUT2D eigenvalue weighted by Crippen LogP contribution is 2.28. The van der Waals surface area contributed by atoms with Crippen LogP contribution in [0.15, 0.2) is 24.3 Å². The van der Waals surface area contributed by atoms with Gasteiger partial charge in [0.25, 0.3) is 0 Å².